The summed E-state index contributed by atoms with van der Waals surface area (Å²) in [6, 6.07) is 8.50. The van der Waals surface area contributed by atoms with Crippen molar-refractivity contribution in [2.75, 3.05) is 13.1 Å². The van der Waals surface area contributed by atoms with Crippen LogP contribution in [-0.4, -0.2) is 17.7 Å². The van der Waals surface area contributed by atoms with E-state index in [0.29, 0.717) is 0 Å². The summed E-state index contributed by atoms with van der Waals surface area (Å²) < 4.78 is 3.49. The Kier molecular flexibility index (Phi) is 4.63. The first kappa shape index (κ1) is 12.7. The van der Waals surface area contributed by atoms with Crippen molar-refractivity contribution in [3.63, 3.8) is 0 Å². The number of nitrogens with one attached hydrogen (secondary N) is 1. The van der Waals surface area contributed by atoms with Gasteiger partial charge >= 0.3 is 0 Å². The van der Waals surface area contributed by atoms with E-state index in [9.17, 15) is 0 Å². The van der Waals surface area contributed by atoms with E-state index in [-0.39, 0.29) is 0 Å². The molecule has 0 saturated carbocycles. The molecular weight excluding hydrogens is 276 g/mol. The molecule has 0 atom stereocenters. The number of nitrogens with zero attached hydrogens (tertiary/aromatic N) is 1. The number of rotatable bonds is 6. The minimum absolute atomic E-state index is 1.02. The van der Waals surface area contributed by atoms with Gasteiger partial charge in [-0.1, -0.05) is 31.5 Å². The molecule has 0 spiro atoms. The van der Waals surface area contributed by atoms with Gasteiger partial charge in [-0.2, -0.15) is 0 Å². The Labute approximate surface area is 111 Å². The van der Waals surface area contributed by atoms with Crippen LogP contribution in [0.5, 0.6) is 0 Å². The van der Waals surface area contributed by atoms with Gasteiger partial charge in [0.05, 0.1) is 0 Å². The molecule has 0 fully saturated rings. The lowest BCUT2D eigenvalue weighted by Crippen LogP contribution is -2.20. The van der Waals surface area contributed by atoms with Crippen molar-refractivity contribution in [1.29, 1.82) is 0 Å². The Morgan fingerprint density at radius 3 is 2.88 bits per heavy atom. The summed E-state index contributed by atoms with van der Waals surface area (Å²) in [4.78, 5) is 0. The highest BCUT2D eigenvalue weighted by Gasteiger charge is 2.04. The molecule has 0 aliphatic rings. The second kappa shape index (κ2) is 6.22. The smallest absolute Gasteiger partial charge is 0.0492 e. The first-order valence-corrected chi connectivity index (χ1v) is 7.06. The lowest BCUT2D eigenvalue weighted by molar-refractivity contribution is 0.588. The fourth-order valence-electron chi connectivity index (χ4n) is 2.01. The van der Waals surface area contributed by atoms with Crippen LogP contribution in [0.2, 0.25) is 0 Å². The Hall–Kier alpha value is -0.800. The van der Waals surface area contributed by atoms with Crippen LogP contribution in [-0.2, 0) is 6.54 Å². The molecule has 3 heteroatoms. The average molecular weight is 295 g/mol. The molecule has 2 rings (SSSR count). The molecular formula is C14H19BrN2. The average Bonchev–Trinajstić information content (AvgIpc) is 2.67. The zero-order valence-corrected chi connectivity index (χ0v) is 11.8. The Morgan fingerprint density at radius 2 is 2.06 bits per heavy atom. The Morgan fingerprint density at radius 1 is 1.24 bits per heavy atom. The molecule has 0 bridgehead atoms. The summed E-state index contributed by atoms with van der Waals surface area (Å²) in [5.41, 5.74) is 1.30. The molecule has 92 valence electrons. The van der Waals surface area contributed by atoms with E-state index < -0.39 is 0 Å². The van der Waals surface area contributed by atoms with Gasteiger partial charge in [0.15, 0.2) is 0 Å². The van der Waals surface area contributed by atoms with E-state index in [1.54, 1.807) is 0 Å². The summed E-state index contributed by atoms with van der Waals surface area (Å²) in [5.74, 6) is 0. The van der Waals surface area contributed by atoms with Gasteiger partial charge in [-0.3, -0.25) is 0 Å². The number of hydrogen-bond acceptors (Lipinski definition) is 1. The van der Waals surface area contributed by atoms with Gasteiger partial charge in [-0.15, -0.1) is 0 Å². The van der Waals surface area contributed by atoms with Crippen molar-refractivity contribution >= 4 is 26.8 Å². The number of unbranched alkanes of at least 4 members (excludes halogenated alkanes) is 1. The second-order valence-electron chi connectivity index (χ2n) is 4.29. The lowest BCUT2D eigenvalue weighted by atomic mass is 10.2. The maximum Gasteiger partial charge on any atom is 0.0492 e. The van der Waals surface area contributed by atoms with Crippen LogP contribution in [0.25, 0.3) is 10.9 Å². The topological polar surface area (TPSA) is 17.0 Å². The van der Waals surface area contributed by atoms with Crippen LogP contribution in [0, 0.1) is 0 Å². The van der Waals surface area contributed by atoms with E-state index in [1.165, 1.54) is 28.2 Å². The molecule has 2 aromatic rings. The summed E-state index contributed by atoms with van der Waals surface area (Å²) >= 11 is 3.61. The van der Waals surface area contributed by atoms with Crippen LogP contribution in [0.3, 0.4) is 0 Å². The van der Waals surface area contributed by atoms with Crippen molar-refractivity contribution < 1.29 is 0 Å². The quantitative estimate of drug-likeness (QED) is 0.802. The molecule has 0 aliphatic carbocycles. The van der Waals surface area contributed by atoms with Crippen molar-refractivity contribution in [1.82, 2.24) is 9.88 Å². The molecule has 0 aliphatic heterocycles. The number of fused-ring (bicyclic) bond motifs is 1. The number of halogens is 1. The third kappa shape index (κ3) is 3.11. The van der Waals surface area contributed by atoms with Crippen molar-refractivity contribution in [2.45, 2.75) is 26.3 Å². The standard InChI is InChI=1S/C14H19BrN2/c1-2-3-8-16-9-10-17-11-13(15)12-6-4-5-7-14(12)17/h4-7,11,16H,2-3,8-10H2,1H3. The highest BCUT2D eigenvalue weighted by atomic mass is 79.9. The zero-order chi connectivity index (χ0) is 12.1. The van der Waals surface area contributed by atoms with Gasteiger partial charge < -0.3 is 9.88 Å². The predicted octanol–water partition coefficient (Wildman–Crippen LogP) is 3.79. The first-order valence-electron chi connectivity index (χ1n) is 6.27. The second-order valence-corrected chi connectivity index (χ2v) is 5.15. The highest BCUT2D eigenvalue weighted by Crippen LogP contribution is 2.25. The van der Waals surface area contributed by atoms with Crippen LogP contribution in [0.4, 0.5) is 0 Å². The largest absolute Gasteiger partial charge is 0.345 e. The monoisotopic (exact) mass is 294 g/mol. The maximum absolute atomic E-state index is 3.61. The summed E-state index contributed by atoms with van der Waals surface area (Å²) in [6.45, 7) is 5.40. The zero-order valence-electron chi connectivity index (χ0n) is 10.2. The molecule has 1 heterocycles. The summed E-state index contributed by atoms with van der Waals surface area (Å²) in [7, 11) is 0. The van der Waals surface area contributed by atoms with E-state index in [2.05, 4.69) is 63.2 Å². The first-order chi connectivity index (χ1) is 8.33. The Bertz CT molecular complexity index is 476. The van der Waals surface area contributed by atoms with E-state index in [0.717, 1.165) is 19.6 Å². The number of hydrogen-bond donors (Lipinski definition) is 1. The SMILES string of the molecule is CCCCNCCn1cc(Br)c2ccccc21. The van der Waals surface area contributed by atoms with E-state index >= 15 is 0 Å². The predicted molar refractivity (Wildman–Crippen MR) is 77.4 cm³/mol. The van der Waals surface area contributed by atoms with Gasteiger partial charge in [0, 0.05) is 34.7 Å². The summed E-state index contributed by atoms with van der Waals surface area (Å²) in [5, 5.41) is 4.77. The minimum atomic E-state index is 1.02. The van der Waals surface area contributed by atoms with Crippen LogP contribution in [0.15, 0.2) is 34.9 Å². The third-order valence-electron chi connectivity index (χ3n) is 2.98. The maximum atomic E-state index is 3.61. The van der Waals surface area contributed by atoms with Crippen LogP contribution in [0.1, 0.15) is 19.8 Å². The number of para-hydroxylation sites is 1. The lowest BCUT2D eigenvalue weighted by Gasteiger charge is -2.06. The third-order valence-corrected chi connectivity index (χ3v) is 3.61. The van der Waals surface area contributed by atoms with Gasteiger partial charge in [0.1, 0.15) is 0 Å². The van der Waals surface area contributed by atoms with Crippen LogP contribution < -0.4 is 5.32 Å². The fourth-order valence-corrected chi connectivity index (χ4v) is 2.60. The van der Waals surface area contributed by atoms with Gasteiger partial charge in [-0.05, 0) is 35.0 Å². The van der Waals surface area contributed by atoms with Crippen molar-refractivity contribution in [2.24, 2.45) is 0 Å². The molecule has 0 saturated heterocycles. The molecule has 0 amide bonds. The van der Waals surface area contributed by atoms with E-state index in [4.69, 9.17) is 0 Å². The van der Waals surface area contributed by atoms with Crippen molar-refractivity contribution in [3.05, 3.63) is 34.9 Å². The highest BCUT2D eigenvalue weighted by molar-refractivity contribution is 9.10. The van der Waals surface area contributed by atoms with Gasteiger partial charge in [-0.25, -0.2) is 0 Å². The van der Waals surface area contributed by atoms with Crippen LogP contribution >= 0.6 is 15.9 Å². The molecule has 1 aromatic heterocycles. The van der Waals surface area contributed by atoms with E-state index in [1.807, 2.05) is 0 Å². The molecule has 17 heavy (non-hydrogen) atoms. The molecule has 2 nitrogen and oxygen atoms in total. The molecule has 0 unspecified atom stereocenters. The van der Waals surface area contributed by atoms with Crippen molar-refractivity contribution in [3.8, 4) is 0 Å². The van der Waals surface area contributed by atoms with Gasteiger partial charge in [0.2, 0.25) is 0 Å². The van der Waals surface area contributed by atoms with Gasteiger partial charge in [0.25, 0.3) is 0 Å². The number of benzene rings is 1. The Balaban J connectivity index is 1.99. The summed E-state index contributed by atoms with van der Waals surface area (Å²) in [6.07, 6.45) is 4.69. The molecule has 0 radical (unpaired) electrons. The number of aromatic nitrogens is 1. The fraction of sp³-hybridized carbons (Fsp3) is 0.429. The normalized spacial score (nSPS) is 11.2. The minimum Gasteiger partial charge on any atom is -0.345 e. The molecule has 1 aromatic carbocycles. The molecule has 1 N–H and O–H groups in total.